The number of amides is 1. The van der Waals surface area contributed by atoms with Gasteiger partial charge >= 0.3 is 6.01 Å². The molecule has 1 amide bonds. The first kappa shape index (κ1) is 28.7. The van der Waals surface area contributed by atoms with E-state index in [-0.39, 0.29) is 47.0 Å². The van der Waals surface area contributed by atoms with Gasteiger partial charge in [-0.1, -0.05) is 6.58 Å². The highest BCUT2D eigenvalue weighted by Gasteiger charge is 2.51. The summed E-state index contributed by atoms with van der Waals surface area (Å²) in [4.78, 5) is 31.3. The number of hydrogen-bond donors (Lipinski definition) is 0. The lowest BCUT2D eigenvalue weighted by molar-refractivity contribution is -0.130. The molecule has 5 aliphatic rings. The number of benzene rings is 1. The molecule has 6 heterocycles. The molecule has 1 aromatic carbocycles. The van der Waals surface area contributed by atoms with Crippen LogP contribution in [0.1, 0.15) is 49.7 Å². The van der Waals surface area contributed by atoms with Gasteiger partial charge in [0.2, 0.25) is 0 Å². The van der Waals surface area contributed by atoms with Gasteiger partial charge in [0, 0.05) is 49.4 Å². The third kappa shape index (κ3) is 4.50. The number of fused-ring (bicyclic) bond motifs is 4. The molecule has 8 rings (SSSR count). The van der Waals surface area contributed by atoms with E-state index < -0.39 is 35.1 Å². The van der Waals surface area contributed by atoms with Crippen LogP contribution >= 0.6 is 0 Å². The molecule has 0 radical (unpaired) electrons. The van der Waals surface area contributed by atoms with Gasteiger partial charge in [0.15, 0.2) is 11.6 Å². The fourth-order valence-corrected chi connectivity index (χ4v) is 8.48. The molecule has 8 nitrogen and oxygen atoms in total. The van der Waals surface area contributed by atoms with E-state index in [1.54, 1.807) is 6.20 Å². The average molecular weight is 623 g/mol. The number of pyridine rings is 1. The monoisotopic (exact) mass is 622 g/mol. The Morgan fingerprint density at radius 1 is 1.09 bits per heavy atom. The Morgan fingerprint density at radius 2 is 1.93 bits per heavy atom. The van der Waals surface area contributed by atoms with Crippen LogP contribution in [0.25, 0.3) is 22.0 Å². The Bertz CT molecular complexity index is 1740. The molecule has 0 bridgehead atoms. The molecule has 0 saturated carbocycles. The molecule has 0 spiro atoms. The second kappa shape index (κ2) is 10.6. The minimum Gasteiger partial charge on any atom is -0.461 e. The Labute approximate surface area is 258 Å². The van der Waals surface area contributed by atoms with Crippen LogP contribution in [0, 0.1) is 11.6 Å². The Balaban J connectivity index is 1.21. The quantitative estimate of drug-likeness (QED) is 0.281. The van der Waals surface area contributed by atoms with Crippen molar-refractivity contribution >= 4 is 22.6 Å². The molecule has 45 heavy (non-hydrogen) atoms. The first-order chi connectivity index (χ1) is 21.7. The van der Waals surface area contributed by atoms with E-state index in [1.165, 1.54) is 17.2 Å². The van der Waals surface area contributed by atoms with Crippen LogP contribution in [-0.2, 0) is 17.6 Å². The number of hydrogen-bond acceptors (Lipinski definition) is 7. The average Bonchev–Trinajstić information content (AvgIpc) is 3.65. The van der Waals surface area contributed by atoms with Crippen LogP contribution in [0.3, 0.4) is 0 Å². The SMILES string of the molecule is C=C(F)C(=O)N1CC[C@@H]2[C@H]1CN2c1nc(OC[C@@]23CCCN2C[C@H](F)C3)nc2c(F)c(-c3cncc4c3CCCC4)c(F)cc12. The molecule has 12 heteroatoms. The molecule has 3 aromatic rings. The maximum Gasteiger partial charge on any atom is 0.319 e. The van der Waals surface area contributed by atoms with Crippen molar-refractivity contribution in [2.75, 3.05) is 37.7 Å². The molecule has 236 valence electrons. The van der Waals surface area contributed by atoms with Crippen molar-refractivity contribution in [2.45, 2.75) is 75.2 Å². The molecule has 4 atom stereocenters. The first-order valence-corrected chi connectivity index (χ1v) is 15.8. The van der Waals surface area contributed by atoms with Crippen molar-refractivity contribution in [3.8, 4) is 17.1 Å². The molecule has 4 saturated heterocycles. The molecule has 0 unspecified atom stereocenters. The van der Waals surface area contributed by atoms with E-state index in [0.29, 0.717) is 44.5 Å². The molecule has 2 aromatic heterocycles. The van der Waals surface area contributed by atoms with E-state index in [0.717, 1.165) is 49.8 Å². The van der Waals surface area contributed by atoms with Crippen LogP contribution < -0.4 is 9.64 Å². The summed E-state index contributed by atoms with van der Waals surface area (Å²) in [6.45, 7) is 5.08. The van der Waals surface area contributed by atoms with Crippen molar-refractivity contribution in [3.63, 3.8) is 0 Å². The zero-order valence-corrected chi connectivity index (χ0v) is 24.9. The number of halogens is 4. The Morgan fingerprint density at radius 3 is 2.78 bits per heavy atom. The molecule has 1 aliphatic carbocycles. The van der Waals surface area contributed by atoms with Crippen LogP contribution in [-0.4, -0.2) is 87.2 Å². The highest BCUT2D eigenvalue weighted by molar-refractivity contribution is 5.95. The Kier molecular flexibility index (Phi) is 6.78. The zero-order valence-electron chi connectivity index (χ0n) is 24.9. The third-order valence-corrected chi connectivity index (χ3v) is 10.7. The standard InChI is InChI=1S/C33H34F4N6O2/c1-18(34)31(44)42-10-7-25-26(42)16-43(25)30-22-11-24(36)27(23-14-38-13-19-5-2-3-6-21(19)23)28(37)29(22)39-32(40-30)45-17-33-8-4-9-41(33)15-20(35)12-33/h11,13-14,20,25-26H,1-10,12,15-17H2/t20-,25-,26-,33+/m1/s1. The van der Waals surface area contributed by atoms with E-state index in [9.17, 15) is 13.6 Å². The van der Waals surface area contributed by atoms with Gasteiger partial charge in [-0.25, -0.2) is 17.6 Å². The minimum absolute atomic E-state index is 0.0720. The number of carbonyl (C=O) groups is 1. The highest BCUT2D eigenvalue weighted by atomic mass is 19.1. The number of likely N-dealkylation sites (tertiary alicyclic amines) is 1. The molecular weight excluding hydrogens is 588 g/mol. The lowest BCUT2D eigenvalue weighted by atomic mass is 9.87. The predicted molar refractivity (Wildman–Crippen MR) is 159 cm³/mol. The fourth-order valence-electron chi connectivity index (χ4n) is 8.48. The normalized spacial score (nSPS) is 27.3. The number of aryl methyl sites for hydroxylation is 1. The number of alkyl halides is 1. The number of ether oxygens (including phenoxy) is 1. The molecule has 0 N–H and O–H groups in total. The van der Waals surface area contributed by atoms with E-state index in [1.807, 2.05) is 4.90 Å². The molecule has 4 aliphatic heterocycles. The van der Waals surface area contributed by atoms with Crippen LogP contribution in [0.4, 0.5) is 23.4 Å². The van der Waals surface area contributed by atoms with E-state index in [4.69, 9.17) is 4.74 Å². The van der Waals surface area contributed by atoms with Gasteiger partial charge in [-0.05, 0) is 68.7 Å². The van der Waals surface area contributed by atoms with Gasteiger partial charge in [-0.2, -0.15) is 9.97 Å². The summed E-state index contributed by atoms with van der Waals surface area (Å²) in [7, 11) is 0. The van der Waals surface area contributed by atoms with E-state index in [2.05, 4.69) is 26.4 Å². The maximum atomic E-state index is 16.7. The topological polar surface area (TPSA) is 74.7 Å². The molecule has 4 fully saturated rings. The predicted octanol–water partition coefficient (Wildman–Crippen LogP) is 5.08. The van der Waals surface area contributed by atoms with E-state index >= 15 is 8.78 Å². The van der Waals surface area contributed by atoms with Crippen molar-refractivity contribution in [2.24, 2.45) is 0 Å². The molecular formula is C33H34F4N6O2. The smallest absolute Gasteiger partial charge is 0.319 e. The Hall–Kier alpha value is -3.80. The van der Waals surface area contributed by atoms with Crippen molar-refractivity contribution < 1.29 is 27.1 Å². The van der Waals surface area contributed by atoms with Crippen molar-refractivity contribution in [1.82, 2.24) is 24.8 Å². The lowest BCUT2D eigenvalue weighted by Gasteiger charge is -2.47. The third-order valence-electron chi connectivity index (χ3n) is 10.7. The summed E-state index contributed by atoms with van der Waals surface area (Å²) in [5, 5.41) is 0.183. The lowest BCUT2D eigenvalue weighted by Crippen LogP contribution is -2.63. The zero-order chi connectivity index (χ0) is 31.0. The van der Waals surface area contributed by atoms with Crippen LogP contribution in [0.2, 0.25) is 0 Å². The van der Waals surface area contributed by atoms with Gasteiger partial charge in [0.05, 0.1) is 23.2 Å². The fraction of sp³-hybridized carbons (Fsp3) is 0.515. The van der Waals surface area contributed by atoms with Crippen molar-refractivity contribution in [3.05, 3.63) is 53.6 Å². The van der Waals surface area contributed by atoms with Gasteiger partial charge < -0.3 is 14.5 Å². The van der Waals surface area contributed by atoms with Gasteiger partial charge in [0.25, 0.3) is 5.91 Å². The second-order valence-corrected chi connectivity index (χ2v) is 13.1. The maximum absolute atomic E-state index is 16.7. The summed E-state index contributed by atoms with van der Waals surface area (Å²) in [5.41, 5.74) is 1.59. The summed E-state index contributed by atoms with van der Waals surface area (Å²) in [6, 6.07) is 0.700. The van der Waals surface area contributed by atoms with Gasteiger partial charge in [-0.15, -0.1) is 0 Å². The van der Waals surface area contributed by atoms with Crippen LogP contribution in [0.15, 0.2) is 30.9 Å². The second-order valence-electron chi connectivity index (χ2n) is 13.1. The number of aromatic nitrogens is 3. The van der Waals surface area contributed by atoms with Gasteiger partial charge in [-0.3, -0.25) is 14.7 Å². The number of rotatable bonds is 6. The largest absolute Gasteiger partial charge is 0.461 e. The first-order valence-electron chi connectivity index (χ1n) is 15.8. The van der Waals surface area contributed by atoms with Crippen LogP contribution in [0.5, 0.6) is 6.01 Å². The summed E-state index contributed by atoms with van der Waals surface area (Å²) < 4.78 is 67.0. The minimum atomic E-state index is -1.02. The summed E-state index contributed by atoms with van der Waals surface area (Å²) >= 11 is 0. The van der Waals surface area contributed by atoms with Gasteiger partial charge in [0.1, 0.15) is 29.9 Å². The summed E-state index contributed by atoms with van der Waals surface area (Å²) in [5.74, 6) is -3.04. The number of anilines is 1. The number of nitrogens with zero attached hydrogens (tertiary/aromatic N) is 6. The number of carbonyl (C=O) groups excluding carboxylic acids is 1. The highest BCUT2D eigenvalue weighted by Crippen LogP contribution is 2.44. The van der Waals surface area contributed by atoms with Crippen molar-refractivity contribution in [1.29, 1.82) is 0 Å². The summed E-state index contributed by atoms with van der Waals surface area (Å²) in [6.07, 6.45) is 8.38.